The maximum Gasteiger partial charge on any atom is 0.221 e. The van der Waals surface area contributed by atoms with E-state index in [-0.39, 0.29) is 0 Å². The number of hydrogen-bond acceptors (Lipinski definition) is 3. The molecule has 0 bridgehead atoms. The first kappa shape index (κ1) is 11.5. The van der Waals surface area contributed by atoms with Gasteiger partial charge in [0.2, 0.25) is 15.9 Å². The van der Waals surface area contributed by atoms with Crippen LogP contribution >= 0.6 is 0 Å². The van der Waals surface area contributed by atoms with Gasteiger partial charge in [0.15, 0.2) is 0 Å². The highest BCUT2D eigenvalue weighted by atomic mass is 32.2. The van der Waals surface area contributed by atoms with Crippen LogP contribution in [-0.2, 0) is 14.8 Å². The van der Waals surface area contributed by atoms with Crippen LogP contribution in [0.5, 0.6) is 0 Å². The quantitative estimate of drug-likeness (QED) is 0.677. The molecule has 0 saturated heterocycles. The van der Waals surface area contributed by atoms with E-state index >= 15 is 0 Å². The fourth-order valence-electron chi connectivity index (χ4n) is 1.95. The molecule has 1 saturated carbocycles. The van der Waals surface area contributed by atoms with Gasteiger partial charge in [-0.1, -0.05) is 12.8 Å². The number of rotatable bonds is 3. The monoisotopic (exact) mass is 220 g/mol. The van der Waals surface area contributed by atoms with E-state index in [9.17, 15) is 13.2 Å². The zero-order valence-corrected chi connectivity index (χ0v) is 9.01. The third-order valence-corrected chi connectivity index (χ3v) is 4.68. The average molecular weight is 220 g/mol. The van der Waals surface area contributed by atoms with Gasteiger partial charge in [0.05, 0.1) is 11.2 Å². The topological polar surface area (TPSA) is 89.3 Å². The van der Waals surface area contributed by atoms with Gasteiger partial charge in [-0.2, -0.15) is 0 Å². The van der Waals surface area contributed by atoms with Gasteiger partial charge in [0, 0.05) is 0 Å². The Hall–Kier alpha value is -0.620. The van der Waals surface area contributed by atoms with E-state index in [2.05, 4.69) is 4.72 Å². The van der Waals surface area contributed by atoms with Gasteiger partial charge >= 0.3 is 0 Å². The van der Waals surface area contributed by atoms with Crippen molar-refractivity contribution in [3.8, 4) is 0 Å². The summed E-state index contributed by atoms with van der Waals surface area (Å²) >= 11 is 0. The van der Waals surface area contributed by atoms with Crippen LogP contribution in [0, 0.1) is 5.92 Å². The van der Waals surface area contributed by atoms with Crippen LogP contribution in [0.2, 0.25) is 0 Å². The smallest absolute Gasteiger partial charge is 0.221 e. The summed E-state index contributed by atoms with van der Waals surface area (Å²) in [5.74, 6) is -1.03. The van der Waals surface area contributed by atoms with E-state index in [1.807, 2.05) is 0 Å². The molecule has 1 aliphatic rings. The number of nitrogens with two attached hydrogens (primary N) is 1. The second kappa shape index (κ2) is 4.27. The minimum absolute atomic E-state index is 0.506. The summed E-state index contributed by atoms with van der Waals surface area (Å²) in [4.78, 5) is 11.1. The van der Waals surface area contributed by atoms with Crippen molar-refractivity contribution in [2.45, 2.75) is 30.9 Å². The first-order chi connectivity index (χ1) is 6.49. The first-order valence-corrected chi connectivity index (χ1v) is 6.25. The highest BCUT2D eigenvalue weighted by Gasteiger charge is 2.37. The van der Waals surface area contributed by atoms with E-state index in [1.165, 1.54) is 7.05 Å². The van der Waals surface area contributed by atoms with Gasteiger partial charge in [0.25, 0.3) is 0 Å². The molecule has 1 fully saturated rings. The van der Waals surface area contributed by atoms with Gasteiger partial charge in [0.1, 0.15) is 0 Å². The highest BCUT2D eigenvalue weighted by molar-refractivity contribution is 7.90. The average Bonchev–Trinajstić information content (AvgIpc) is 2.18. The Kier molecular flexibility index (Phi) is 3.49. The van der Waals surface area contributed by atoms with Crippen LogP contribution < -0.4 is 10.5 Å². The molecule has 0 aromatic heterocycles. The molecule has 14 heavy (non-hydrogen) atoms. The van der Waals surface area contributed by atoms with Crippen LogP contribution in [-0.4, -0.2) is 26.6 Å². The van der Waals surface area contributed by atoms with Crippen LogP contribution in [0.25, 0.3) is 0 Å². The maximum absolute atomic E-state index is 11.6. The standard InChI is InChI=1S/C8H16N2O3S/c1-10-14(12,13)7-5-3-2-4-6(7)8(9)11/h6-7,10H,2-5H2,1H3,(H2,9,11)/t6-,7+/m1/s1. The molecule has 1 aliphatic carbocycles. The van der Waals surface area contributed by atoms with Gasteiger partial charge in [-0.25, -0.2) is 13.1 Å². The van der Waals surface area contributed by atoms with E-state index in [0.29, 0.717) is 12.8 Å². The Morgan fingerprint density at radius 1 is 1.36 bits per heavy atom. The van der Waals surface area contributed by atoms with Gasteiger partial charge in [-0.3, -0.25) is 4.79 Å². The largest absolute Gasteiger partial charge is 0.369 e. The van der Waals surface area contributed by atoms with Crippen molar-refractivity contribution in [2.75, 3.05) is 7.05 Å². The number of carbonyl (C=O) groups is 1. The summed E-state index contributed by atoms with van der Waals surface area (Å²) in [5, 5.41) is -0.640. The third kappa shape index (κ3) is 2.24. The summed E-state index contributed by atoms with van der Waals surface area (Å²) in [5.41, 5.74) is 5.18. The molecule has 1 amide bonds. The van der Waals surface area contributed by atoms with Crippen LogP contribution in [0.3, 0.4) is 0 Å². The van der Waals surface area contributed by atoms with Crippen LogP contribution in [0.4, 0.5) is 0 Å². The summed E-state index contributed by atoms with van der Waals surface area (Å²) in [6.07, 6.45) is 2.83. The number of hydrogen-bond donors (Lipinski definition) is 2. The summed E-state index contributed by atoms with van der Waals surface area (Å²) < 4.78 is 25.4. The Bertz CT molecular complexity index is 313. The Balaban J connectivity index is 2.88. The molecule has 0 aromatic carbocycles. The molecule has 5 nitrogen and oxygen atoms in total. The number of amides is 1. The normalized spacial score (nSPS) is 28.6. The molecule has 0 heterocycles. The van der Waals surface area contributed by atoms with Gasteiger partial charge < -0.3 is 5.73 Å². The van der Waals surface area contributed by atoms with Crippen molar-refractivity contribution in [3.63, 3.8) is 0 Å². The van der Waals surface area contributed by atoms with Crippen molar-refractivity contribution < 1.29 is 13.2 Å². The van der Waals surface area contributed by atoms with Crippen molar-refractivity contribution in [1.82, 2.24) is 4.72 Å². The highest BCUT2D eigenvalue weighted by Crippen LogP contribution is 2.28. The molecule has 0 unspecified atom stereocenters. The maximum atomic E-state index is 11.6. The predicted octanol–water partition coefficient (Wildman–Crippen LogP) is -0.420. The van der Waals surface area contributed by atoms with Crippen LogP contribution in [0.15, 0.2) is 0 Å². The summed E-state index contributed by atoms with van der Waals surface area (Å²) in [7, 11) is -2.00. The lowest BCUT2D eigenvalue weighted by Gasteiger charge is -2.28. The molecule has 0 aromatic rings. The lowest BCUT2D eigenvalue weighted by molar-refractivity contribution is -0.122. The molecule has 1 rings (SSSR count). The number of primary amides is 1. The summed E-state index contributed by atoms with van der Waals surface area (Å²) in [6.45, 7) is 0. The molecule has 82 valence electrons. The molecule has 0 radical (unpaired) electrons. The Labute approximate surface area is 84.1 Å². The molecular formula is C8H16N2O3S. The molecule has 3 N–H and O–H groups in total. The van der Waals surface area contributed by atoms with Gasteiger partial charge in [-0.15, -0.1) is 0 Å². The fourth-order valence-corrected chi connectivity index (χ4v) is 3.43. The van der Waals surface area contributed by atoms with Gasteiger partial charge in [-0.05, 0) is 19.9 Å². The lowest BCUT2D eigenvalue weighted by Crippen LogP contribution is -2.44. The van der Waals surface area contributed by atoms with Crippen LogP contribution in [0.1, 0.15) is 25.7 Å². The van der Waals surface area contributed by atoms with E-state index in [0.717, 1.165) is 12.8 Å². The molecule has 0 aliphatic heterocycles. The third-order valence-electron chi connectivity index (χ3n) is 2.75. The molecule has 6 heteroatoms. The fraction of sp³-hybridized carbons (Fsp3) is 0.875. The van der Waals surface area contributed by atoms with E-state index in [4.69, 9.17) is 5.73 Å². The predicted molar refractivity (Wildman–Crippen MR) is 52.9 cm³/mol. The van der Waals surface area contributed by atoms with Crippen molar-refractivity contribution >= 4 is 15.9 Å². The molecular weight excluding hydrogens is 204 g/mol. The van der Waals surface area contributed by atoms with E-state index in [1.54, 1.807) is 0 Å². The molecule has 0 spiro atoms. The van der Waals surface area contributed by atoms with Crippen molar-refractivity contribution in [3.05, 3.63) is 0 Å². The zero-order valence-electron chi connectivity index (χ0n) is 8.19. The number of carbonyl (C=O) groups excluding carboxylic acids is 1. The Morgan fingerprint density at radius 3 is 2.43 bits per heavy atom. The molecule has 2 atom stereocenters. The summed E-state index contributed by atoms with van der Waals surface area (Å²) in [6, 6.07) is 0. The van der Waals surface area contributed by atoms with Crippen molar-refractivity contribution in [2.24, 2.45) is 11.7 Å². The second-order valence-electron chi connectivity index (χ2n) is 3.58. The number of sulfonamides is 1. The minimum atomic E-state index is -3.37. The zero-order chi connectivity index (χ0) is 10.8. The lowest BCUT2D eigenvalue weighted by atomic mass is 9.88. The van der Waals surface area contributed by atoms with Crippen molar-refractivity contribution in [1.29, 1.82) is 0 Å². The SMILES string of the molecule is CNS(=O)(=O)[C@H]1CCCC[C@H]1C(N)=O. The second-order valence-corrected chi connectivity index (χ2v) is 5.68. The Morgan fingerprint density at radius 2 is 1.93 bits per heavy atom. The van der Waals surface area contributed by atoms with E-state index < -0.39 is 27.1 Å². The number of nitrogens with one attached hydrogen (secondary N) is 1. The first-order valence-electron chi connectivity index (χ1n) is 4.70. The minimum Gasteiger partial charge on any atom is -0.369 e.